The molecule has 0 saturated carbocycles. The van der Waals surface area contributed by atoms with Crippen LogP contribution in [0.1, 0.15) is 18.2 Å². The van der Waals surface area contributed by atoms with Crippen molar-refractivity contribution in [2.45, 2.75) is 18.6 Å². The molecule has 7 heteroatoms. The summed E-state index contributed by atoms with van der Waals surface area (Å²) in [6, 6.07) is 0. The minimum atomic E-state index is -1.09. The quantitative estimate of drug-likeness (QED) is 0.674. The molecule has 2 aromatic rings. The maximum atomic E-state index is 9.89. The van der Waals surface area contributed by atoms with E-state index < -0.39 is 12.2 Å². The standard InChI is InChI=1S/C9H11ClN4O2/c10-2-1-5(15)8(16)6-7-9(13-3-11-6)14-4-12-7/h3-5,8,15-16H,1-2H2,(H,11,12,13,14). The zero-order valence-electron chi connectivity index (χ0n) is 8.34. The number of hydrogen-bond acceptors (Lipinski definition) is 5. The molecule has 0 aliphatic rings. The Kier molecular flexibility index (Phi) is 3.33. The Morgan fingerprint density at radius 3 is 2.88 bits per heavy atom. The minimum Gasteiger partial charge on any atom is -0.390 e. The first-order chi connectivity index (χ1) is 7.74. The summed E-state index contributed by atoms with van der Waals surface area (Å²) >= 11 is 5.50. The minimum absolute atomic E-state index is 0.273. The molecule has 0 bridgehead atoms. The lowest BCUT2D eigenvalue weighted by Gasteiger charge is -2.16. The van der Waals surface area contributed by atoms with E-state index in [0.717, 1.165) is 0 Å². The number of fused-ring (bicyclic) bond motifs is 1. The third-order valence-electron chi connectivity index (χ3n) is 2.30. The summed E-state index contributed by atoms with van der Waals surface area (Å²) in [4.78, 5) is 14.6. The predicted octanol–water partition coefficient (Wildman–Crippen LogP) is 0.376. The number of nitrogens with zero attached hydrogens (tertiary/aromatic N) is 3. The van der Waals surface area contributed by atoms with Gasteiger partial charge in [0.05, 0.1) is 12.4 Å². The molecule has 0 aliphatic carbocycles. The van der Waals surface area contributed by atoms with Crippen molar-refractivity contribution in [1.82, 2.24) is 19.9 Å². The van der Waals surface area contributed by atoms with Gasteiger partial charge in [0, 0.05) is 5.88 Å². The topological polar surface area (TPSA) is 94.9 Å². The number of aliphatic hydroxyl groups excluding tert-OH is 2. The predicted molar refractivity (Wildman–Crippen MR) is 58.0 cm³/mol. The van der Waals surface area contributed by atoms with Crippen molar-refractivity contribution in [2.75, 3.05) is 5.88 Å². The van der Waals surface area contributed by atoms with Gasteiger partial charge in [-0.25, -0.2) is 15.0 Å². The van der Waals surface area contributed by atoms with Gasteiger partial charge in [-0.05, 0) is 6.42 Å². The summed E-state index contributed by atoms with van der Waals surface area (Å²) in [6.07, 6.45) is 1.02. The van der Waals surface area contributed by atoms with Gasteiger partial charge in [-0.3, -0.25) is 0 Å². The second-order valence-electron chi connectivity index (χ2n) is 3.35. The maximum Gasteiger partial charge on any atom is 0.180 e. The SMILES string of the molecule is OC(CCCl)C(O)c1ncnc2nc[nH]c12. The maximum absolute atomic E-state index is 9.89. The lowest BCUT2D eigenvalue weighted by molar-refractivity contribution is 0.0152. The molecule has 0 aliphatic heterocycles. The van der Waals surface area contributed by atoms with E-state index in [4.69, 9.17) is 11.6 Å². The number of imidazole rings is 1. The molecule has 0 spiro atoms. The monoisotopic (exact) mass is 242 g/mol. The number of aromatic nitrogens is 4. The Bertz CT molecular complexity index is 475. The van der Waals surface area contributed by atoms with Gasteiger partial charge in [0.15, 0.2) is 5.65 Å². The van der Waals surface area contributed by atoms with Crippen molar-refractivity contribution in [3.63, 3.8) is 0 Å². The third-order valence-corrected chi connectivity index (χ3v) is 2.52. The molecular weight excluding hydrogens is 232 g/mol. The highest BCUT2D eigenvalue weighted by molar-refractivity contribution is 6.17. The van der Waals surface area contributed by atoms with E-state index in [2.05, 4.69) is 19.9 Å². The fraction of sp³-hybridized carbons (Fsp3) is 0.444. The first-order valence-electron chi connectivity index (χ1n) is 4.80. The molecule has 0 amide bonds. The van der Waals surface area contributed by atoms with Crippen molar-refractivity contribution in [2.24, 2.45) is 0 Å². The third kappa shape index (κ3) is 1.99. The van der Waals surface area contributed by atoms with Crippen molar-refractivity contribution >= 4 is 22.8 Å². The number of rotatable bonds is 4. The summed E-state index contributed by atoms with van der Waals surface area (Å²) in [6.45, 7) is 0. The van der Waals surface area contributed by atoms with E-state index in [-0.39, 0.29) is 5.88 Å². The summed E-state index contributed by atoms with van der Waals surface area (Å²) in [5, 5.41) is 19.5. The van der Waals surface area contributed by atoms with E-state index in [9.17, 15) is 10.2 Å². The highest BCUT2D eigenvalue weighted by Crippen LogP contribution is 2.22. The highest BCUT2D eigenvalue weighted by atomic mass is 35.5. The van der Waals surface area contributed by atoms with Gasteiger partial charge in [0.1, 0.15) is 23.6 Å². The van der Waals surface area contributed by atoms with Gasteiger partial charge < -0.3 is 15.2 Å². The molecule has 2 heterocycles. The van der Waals surface area contributed by atoms with Crippen LogP contribution in [-0.2, 0) is 0 Å². The van der Waals surface area contributed by atoms with Gasteiger partial charge in [-0.2, -0.15) is 0 Å². The van der Waals surface area contributed by atoms with Crippen LogP contribution in [0.5, 0.6) is 0 Å². The molecule has 6 nitrogen and oxygen atoms in total. The van der Waals surface area contributed by atoms with Gasteiger partial charge in [-0.15, -0.1) is 11.6 Å². The van der Waals surface area contributed by atoms with Crippen LogP contribution in [0.2, 0.25) is 0 Å². The molecule has 3 N–H and O–H groups in total. The molecule has 16 heavy (non-hydrogen) atoms. The summed E-state index contributed by atoms with van der Waals surface area (Å²) < 4.78 is 0. The zero-order valence-corrected chi connectivity index (χ0v) is 9.09. The van der Waals surface area contributed by atoms with E-state index in [1.807, 2.05) is 0 Å². The first-order valence-corrected chi connectivity index (χ1v) is 5.33. The van der Waals surface area contributed by atoms with Crippen LogP contribution in [0, 0.1) is 0 Å². The Morgan fingerprint density at radius 1 is 1.31 bits per heavy atom. The van der Waals surface area contributed by atoms with Crippen molar-refractivity contribution < 1.29 is 10.2 Å². The Morgan fingerprint density at radius 2 is 2.12 bits per heavy atom. The normalized spacial score (nSPS) is 15.2. The molecule has 2 atom stereocenters. The van der Waals surface area contributed by atoms with Gasteiger partial charge in [0.2, 0.25) is 0 Å². The Labute approximate surface area is 96.3 Å². The average molecular weight is 243 g/mol. The number of halogens is 1. The second-order valence-corrected chi connectivity index (χ2v) is 3.73. The lowest BCUT2D eigenvalue weighted by atomic mass is 10.1. The summed E-state index contributed by atoms with van der Waals surface area (Å²) in [7, 11) is 0. The van der Waals surface area contributed by atoms with Crippen LogP contribution in [0.4, 0.5) is 0 Å². The molecule has 0 saturated heterocycles. The summed E-state index contributed by atoms with van der Waals surface area (Å²) in [5.41, 5.74) is 1.32. The van der Waals surface area contributed by atoms with Crippen LogP contribution in [-0.4, -0.2) is 42.1 Å². The number of aliphatic hydroxyl groups is 2. The van der Waals surface area contributed by atoms with E-state index in [0.29, 0.717) is 23.3 Å². The van der Waals surface area contributed by atoms with Crippen molar-refractivity contribution in [3.8, 4) is 0 Å². The number of nitrogens with one attached hydrogen (secondary N) is 1. The van der Waals surface area contributed by atoms with Crippen LogP contribution >= 0.6 is 11.6 Å². The molecule has 0 fully saturated rings. The van der Waals surface area contributed by atoms with Crippen LogP contribution in [0.15, 0.2) is 12.7 Å². The molecule has 2 rings (SSSR count). The van der Waals surface area contributed by atoms with E-state index in [1.54, 1.807) is 0 Å². The van der Waals surface area contributed by atoms with Gasteiger partial charge in [0.25, 0.3) is 0 Å². The smallest absolute Gasteiger partial charge is 0.180 e. The average Bonchev–Trinajstić information content (AvgIpc) is 2.76. The highest BCUT2D eigenvalue weighted by Gasteiger charge is 2.22. The van der Waals surface area contributed by atoms with Crippen molar-refractivity contribution in [3.05, 3.63) is 18.3 Å². The first kappa shape index (κ1) is 11.3. The second kappa shape index (κ2) is 4.73. The molecule has 0 radical (unpaired) electrons. The zero-order chi connectivity index (χ0) is 11.5. The number of aromatic amines is 1. The van der Waals surface area contributed by atoms with E-state index in [1.165, 1.54) is 12.7 Å². The number of alkyl halides is 1. The summed E-state index contributed by atoms with van der Waals surface area (Å²) in [5.74, 6) is 0.273. The van der Waals surface area contributed by atoms with Crippen LogP contribution < -0.4 is 0 Å². The molecule has 86 valence electrons. The van der Waals surface area contributed by atoms with Crippen LogP contribution in [0.25, 0.3) is 11.2 Å². The van der Waals surface area contributed by atoms with Gasteiger partial charge in [-0.1, -0.05) is 0 Å². The lowest BCUT2D eigenvalue weighted by Crippen LogP contribution is -2.20. The number of H-pyrrole nitrogens is 1. The Balaban J connectivity index is 2.35. The molecule has 2 unspecified atom stereocenters. The molecular formula is C9H11ClN4O2. The number of hydrogen-bond donors (Lipinski definition) is 3. The fourth-order valence-corrected chi connectivity index (χ4v) is 1.68. The Hall–Kier alpha value is -1.24. The molecule has 0 aromatic carbocycles. The largest absolute Gasteiger partial charge is 0.390 e. The van der Waals surface area contributed by atoms with Crippen molar-refractivity contribution in [1.29, 1.82) is 0 Å². The van der Waals surface area contributed by atoms with E-state index >= 15 is 0 Å². The van der Waals surface area contributed by atoms with Gasteiger partial charge >= 0.3 is 0 Å². The van der Waals surface area contributed by atoms with Crippen LogP contribution in [0.3, 0.4) is 0 Å². The fourth-order valence-electron chi connectivity index (χ4n) is 1.46. The molecule has 2 aromatic heterocycles.